The number of allylic oxidation sites excluding steroid dienone is 1. The van der Waals surface area contributed by atoms with Crippen LogP contribution in [0.2, 0.25) is 0 Å². The second-order valence-electron chi connectivity index (χ2n) is 17.2. The van der Waals surface area contributed by atoms with Crippen LogP contribution in [0.15, 0.2) is 36.4 Å². The highest BCUT2D eigenvalue weighted by Crippen LogP contribution is 2.48. The van der Waals surface area contributed by atoms with Crippen LogP contribution in [0.1, 0.15) is 79.6 Å². The smallest absolute Gasteiger partial charge is 0.411 e. The molecule has 1 aromatic carbocycles. The van der Waals surface area contributed by atoms with Gasteiger partial charge in [0.2, 0.25) is 27.7 Å². The normalized spacial score (nSPS) is 28.6. The monoisotopic (exact) mass is 851 g/mol. The summed E-state index contributed by atoms with van der Waals surface area (Å²) in [6, 6.07) is 3.10. The van der Waals surface area contributed by atoms with Gasteiger partial charge < -0.3 is 29.5 Å². The molecule has 19 heteroatoms. The molecule has 15 nitrogen and oxygen atoms in total. The molecule has 2 saturated carbocycles. The summed E-state index contributed by atoms with van der Waals surface area (Å²) in [6.45, 7) is 5.89. The number of sulfonamides is 1. The summed E-state index contributed by atoms with van der Waals surface area (Å²) < 4.78 is 88.8. The third-order valence-corrected chi connectivity index (χ3v) is 14.6. The number of methoxy groups -OCH3 is 2. The van der Waals surface area contributed by atoms with Gasteiger partial charge in [0.25, 0.3) is 5.91 Å². The zero-order chi connectivity index (χ0) is 43.5. The molecular weight excluding hydrogens is 800 g/mol. The lowest BCUT2D eigenvalue weighted by Crippen LogP contribution is -2.66. The fourth-order valence-corrected chi connectivity index (χ4v) is 9.56. The van der Waals surface area contributed by atoms with E-state index in [1.54, 1.807) is 30.4 Å². The zero-order valence-corrected chi connectivity index (χ0v) is 34.9. The Morgan fingerprint density at radius 3 is 2.39 bits per heavy atom. The number of carboxylic acid groups (broad SMARTS) is 1. The number of nitrogens with one attached hydrogen (secondary N) is 2. The maximum atomic E-state index is 15.0. The molecule has 0 bridgehead atoms. The SMILES string of the molecule is COc1ccc2c(O[C@@H]3C[C@H]4C(=O)N[C@]5(C(=O)NS(=O)(=O)C6(C)CC6)C[C@H]5C=CCC[C@@H](C)C[C@@H](C)[C@H](N(C(=O)O)C(C)(C)C(F)(F)F)C(=O)N4C3)cc(OC)nc2c1. The predicted octanol–water partition coefficient (Wildman–Crippen LogP) is 5.18. The van der Waals surface area contributed by atoms with Crippen molar-refractivity contribution in [1.29, 1.82) is 0 Å². The maximum absolute atomic E-state index is 15.0. The average molecular weight is 852 g/mol. The highest BCUT2D eigenvalue weighted by Gasteiger charge is 2.64. The fourth-order valence-electron chi connectivity index (χ4n) is 8.25. The molecule has 4 aliphatic rings. The van der Waals surface area contributed by atoms with Crippen molar-refractivity contribution in [1.82, 2.24) is 24.8 Å². The Hall–Kier alpha value is -4.81. The molecule has 3 N–H and O–H groups in total. The second kappa shape index (κ2) is 15.7. The molecule has 324 valence electrons. The minimum absolute atomic E-state index is 0.0436. The summed E-state index contributed by atoms with van der Waals surface area (Å²) in [5.41, 5.74) is -4.35. The van der Waals surface area contributed by atoms with Crippen LogP contribution in [0.5, 0.6) is 17.4 Å². The molecule has 0 unspecified atom stereocenters. The molecule has 7 atom stereocenters. The van der Waals surface area contributed by atoms with E-state index in [0.29, 0.717) is 56.2 Å². The molecule has 1 saturated heterocycles. The first kappa shape index (κ1) is 43.8. The standard InChI is InChI=1S/C40H52F3N5O10S/c1-22-10-8-9-11-24-20-39(24,35(51)46-59(54,55)38(5)14-15-38)45-33(49)29-18-26(58-30-19-31(57-7)44-28-17-25(56-6)12-13-27(28)30)21-47(29)34(50)32(23(2)16-22)48(36(52)53)37(3,4)40(41,42)43/h9,11-13,17,19,22-24,26,29,32H,8,10,14-16,18,20-21H2,1-7H3,(H,45,49)(H,46,51)(H,52,53)/t22-,23-,24-,26-,29+,32+,39-/m1/s1. The Morgan fingerprint density at radius 1 is 1.08 bits per heavy atom. The Balaban J connectivity index is 1.44. The molecule has 2 aliphatic heterocycles. The summed E-state index contributed by atoms with van der Waals surface area (Å²) in [4.78, 5) is 62.2. The van der Waals surface area contributed by atoms with Crippen LogP contribution >= 0.6 is 0 Å². The van der Waals surface area contributed by atoms with E-state index in [1.807, 2.05) is 6.92 Å². The predicted molar refractivity (Wildman–Crippen MR) is 208 cm³/mol. The van der Waals surface area contributed by atoms with Crippen LogP contribution < -0.4 is 24.2 Å². The minimum atomic E-state index is -5.10. The van der Waals surface area contributed by atoms with Gasteiger partial charge >= 0.3 is 12.3 Å². The maximum Gasteiger partial charge on any atom is 0.411 e. The molecular formula is C40H52F3N5O10S. The number of ether oxygens (including phenoxy) is 3. The minimum Gasteiger partial charge on any atom is -0.497 e. The van der Waals surface area contributed by atoms with Crippen LogP contribution in [0.4, 0.5) is 18.0 Å². The number of halogens is 3. The number of carbonyl (C=O) groups excluding carboxylic acids is 3. The Bertz CT molecular complexity index is 2140. The Labute approximate surface area is 341 Å². The van der Waals surface area contributed by atoms with Gasteiger partial charge in [-0.15, -0.1) is 0 Å². The Morgan fingerprint density at radius 2 is 1.78 bits per heavy atom. The van der Waals surface area contributed by atoms with Gasteiger partial charge in [0.15, 0.2) is 0 Å². The Kier molecular flexibility index (Phi) is 11.6. The van der Waals surface area contributed by atoms with Crippen molar-refractivity contribution in [2.24, 2.45) is 17.8 Å². The van der Waals surface area contributed by atoms with Gasteiger partial charge in [-0.3, -0.25) is 24.0 Å². The number of amides is 4. The topological polar surface area (TPSA) is 194 Å². The highest BCUT2D eigenvalue weighted by molar-refractivity contribution is 7.91. The van der Waals surface area contributed by atoms with E-state index in [4.69, 9.17) is 14.2 Å². The summed E-state index contributed by atoms with van der Waals surface area (Å²) in [5, 5.41) is 13.7. The van der Waals surface area contributed by atoms with Crippen molar-refractivity contribution in [3.63, 3.8) is 0 Å². The van der Waals surface area contributed by atoms with Gasteiger partial charge in [0.1, 0.15) is 40.8 Å². The van der Waals surface area contributed by atoms with Crippen molar-refractivity contribution in [3.05, 3.63) is 36.4 Å². The van der Waals surface area contributed by atoms with Gasteiger partial charge in [-0.25, -0.2) is 18.2 Å². The van der Waals surface area contributed by atoms with Crippen LogP contribution in [-0.2, 0) is 24.4 Å². The first-order valence-electron chi connectivity index (χ1n) is 19.6. The van der Waals surface area contributed by atoms with E-state index >= 15 is 4.79 Å². The summed E-state index contributed by atoms with van der Waals surface area (Å²) in [6.07, 6.45) is -2.92. The van der Waals surface area contributed by atoms with Crippen LogP contribution in [0.3, 0.4) is 0 Å². The number of hydrogen-bond donors (Lipinski definition) is 3. The molecule has 6 rings (SSSR count). The van der Waals surface area contributed by atoms with Crippen LogP contribution in [0, 0.1) is 17.8 Å². The number of benzene rings is 1. The lowest BCUT2D eigenvalue weighted by atomic mass is 9.85. The van der Waals surface area contributed by atoms with E-state index in [2.05, 4.69) is 15.0 Å². The number of nitrogens with zero attached hydrogens (tertiary/aromatic N) is 3. The van der Waals surface area contributed by atoms with Gasteiger partial charge in [-0.2, -0.15) is 13.2 Å². The quantitative estimate of drug-likeness (QED) is 0.282. The molecule has 0 radical (unpaired) electrons. The summed E-state index contributed by atoms with van der Waals surface area (Å²) in [7, 11) is -1.25. The van der Waals surface area contributed by atoms with E-state index in [-0.39, 0.29) is 48.3 Å². The molecule has 59 heavy (non-hydrogen) atoms. The van der Waals surface area contributed by atoms with Crippen molar-refractivity contribution < 1.29 is 60.1 Å². The average Bonchev–Trinajstić information content (AvgIpc) is 4.03. The van der Waals surface area contributed by atoms with Gasteiger partial charge in [0, 0.05) is 29.9 Å². The molecule has 2 aliphatic carbocycles. The lowest BCUT2D eigenvalue weighted by molar-refractivity contribution is -0.222. The van der Waals surface area contributed by atoms with Gasteiger partial charge in [0.05, 0.1) is 31.0 Å². The van der Waals surface area contributed by atoms with Gasteiger partial charge in [-0.1, -0.05) is 26.0 Å². The van der Waals surface area contributed by atoms with Crippen LogP contribution in [-0.4, -0.2) is 113 Å². The number of pyridine rings is 1. The highest BCUT2D eigenvalue weighted by atomic mass is 32.2. The van der Waals surface area contributed by atoms with E-state index in [1.165, 1.54) is 34.1 Å². The fraction of sp³-hybridized carbons (Fsp3) is 0.625. The zero-order valence-electron chi connectivity index (χ0n) is 34.1. The number of aromatic nitrogens is 1. The summed E-state index contributed by atoms with van der Waals surface area (Å²) >= 11 is 0. The van der Waals surface area contributed by atoms with Crippen LogP contribution in [0.25, 0.3) is 10.9 Å². The molecule has 4 amide bonds. The van der Waals surface area contributed by atoms with E-state index < -0.39 is 85.9 Å². The van der Waals surface area contributed by atoms with Crippen molar-refractivity contribution in [3.8, 4) is 17.4 Å². The molecule has 0 spiro atoms. The number of alkyl halides is 3. The van der Waals surface area contributed by atoms with E-state index in [9.17, 15) is 41.1 Å². The van der Waals surface area contributed by atoms with Crippen molar-refractivity contribution >= 4 is 44.7 Å². The summed E-state index contributed by atoms with van der Waals surface area (Å²) in [5.74, 6) is -3.78. The number of rotatable bonds is 9. The van der Waals surface area contributed by atoms with E-state index in [0.717, 1.165) is 4.90 Å². The molecule has 3 heterocycles. The first-order chi connectivity index (χ1) is 27.5. The number of hydrogen-bond acceptors (Lipinski definition) is 10. The third kappa shape index (κ3) is 8.35. The van der Waals surface area contributed by atoms with Crippen molar-refractivity contribution in [2.45, 2.75) is 120 Å². The van der Waals surface area contributed by atoms with Gasteiger partial charge in [-0.05, 0) is 83.3 Å². The molecule has 2 aromatic rings. The lowest BCUT2D eigenvalue weighted by Gasteiger charge is -2.45. The van der Waals surface area contributed by atoms with Crippen molar-refractivity contribution in [2.75, 3.05) is 20.8 Å². The molecule has 1 aromatic heterocycles. The second-order valence-corrected chi connectivity index (χ2v) is 19.4. The molecule has 3 fully saturated rings. The number of carbonyl (C=O) groups is 4. The third-order valence-electron chi connectivity index (χ3n) is 12.4. The largest absolute Gasteiger partial charge is 0.497 e. The number of fused-ring (bicyclic) bond motifs is 3. The first-order valence-corrected chi connectivity index (χ1v) is 21.1.